The Kier molecular flexibility index (Phi) is 4.47. The predicted molar refractivity (Wildman–Crippen MR) is 93.2 cm³/mol. The fourth-order valence-corrected chi connectivity index (χ4v) is 2.50. The molecule has 4 heteroatoms. The molecule has 3 aromatic rings. The summed E-state index contributed by atoms with van der Waals surface area (Å²) in [5.74, 6) is -0.397. The van der Waals surface area contributed by atoms with E-state index in [4.69, 9.17) is 9.15 Å². The van der Waals surface area contributed by atoms with E-state index in [0.29, 0.717) is 23.0 Å². The second-order valence-corrected chi connectivity index (χ2v) is 5.63. The number of carbonyl (C=O) groups excluding carboxylic acids is 1. The molecular formula is C20H18O4. The van der Waals surface area contributed by atoms with Crippen LogP contribution < -0.4 is 5.43 Å². The molecule has 122 valence electrons. The fraction of sp³-hybridized carbons (Fsp3) is 0.200. The van der Waals surface area contributed by atoms with Crippen molar-refractivity contribution >= 4 is 16.9 Å². The standard InChI is InChI=1S/C20H18O4/c1-3-12-23-20(22)17-18(21)15-6-4-5-7-16(15)24-19(17)14-10-8-13(2)9-11-14/h4-11H,3,12H2,1-2H3. The van der Waals surface area contributed by atoms with Crippen molar-refractivity contribution in [3.8, 4) is 11.3 Å². The van der Waals surface area contributed by atoms with Crippen LogP contribution in [0, 0.1) is 6.92 Å². The third-order valence-electron chi connectivity index (χ3n) is 3.75. The Hall–Kier alpha value is -2.88. The van der Waals surface area contributed by atoms with Gasteiger partial charge in [-0.15, -0.1) is 0 Å². The maximum absolute atomic E-state index is 12.8. The third-order valence-corrected chi connectivity index (χ3v) is 3.75. The Morgan fingerprint density at radius 2 is 1.79 bits per heavy atom. The Morgan fingerprint density at radius 1 is 1.08 bits per heavy atom. The lowest BCUT2D eigenvalue weighted by atomic mass is 10.0. The number of hydrogen-bond acceptors (Lipinski definition) is 4. The first-order chi connectivity index (χ1) is 11.6. The van der Waals surface area contributed by atoms with Gasteiger partial charge in [0, 0.05) is 5.56 Å². The van der Waals surface area contributed by atoms with Gasteiger partial charge in [0.25, 0.3) is 0 Å². The molecule has 0 radical (unpaired) electrons. The topological polar surface area (TPSA) is 56.5 Å². The molecule has 4 nitrogen and oxygen atoms in total. The molecule has 2 aromatic carbocycles. The molecule has 1 aromatic heterocycles. The van der Waals surface area contributed by atoms with Gasteiger partial charge in [-0.25, -0.2) is 4.79 Å². The van der Waals surface area contributed by atoms with Crippen LogP contribution in [0.2, 0.25) is 0 Å². The van der Waals surface area contributed by atoms with Crippen molar-refractivity contribution in [2.75, 3.05) is 6.61 Å². The molecule has 0 spiro atoms. The minimum Gasteiger partial charge on any atom is -0.462 e. The van der Waals surface area contributed by atoms with Crippen LogP contribution in [0.4, 0.5) is 0 Å². The highest BCUT2D eigenvalue weighted by Gasteiger charge is 2.23. The maximum Gasteiger partial charge on any atom is 0.346 e. The van der Waals surface area contributed by atoms with Crippen LogP contribution in [0.1, 0.15) is 29.3 Å². The molecule has 0 fully saturated rings. The van der Waals surface area contributed by atoms with Crippen LogP contribution in [0.5, 0.6) is 0 Å². The summed E-state index contributed by atoms with van der Waals surface area (Å²) < 4.78 is 11.1. The van der Waals surface area contributed by atoms with Gasteiger partial charge in [0.05, 0.1) is 12.0 Å². The highest BCUT2D eigenvalue weighted by molar-refractivity contribution is 5.99. The van der Waals surface area contributed by atoms with Gasteiger partial charge >= 0.3 is 5.97 Å². The molecule has 0 aliphatic heterocycles. The summed E-state index contributed by atoms with van der Waals surface area (Å²) in [6, 6.07) is 14.4. The molecular weight excluding hydrogens is 304 g/mol. The normalized spacial score (nSPS) is 10.8. The van der Waals surface area contributed by atoms with E-state index in [2.05, 4.69) is 0 Å². The molecule has 0 atom stereocenters. The first-order valence-corrected chi connectivity index (χ1v) is 7.92. The average Bonchev–Trinajstić information content (AvgIpc) is 2.60. The molecule has 0 saturated heterocycles. The number of esters is 1. The molecule has 1 heterocycles. The summed E-state index contributed by atoms with van der Waals surface area (Å²) in [7, 11) is 0. The van der Waals surface area contributed by atoms with E-state index in [1.807, 2.05) is 38.1 Å². The van der Waals surface area contributed by atoms with Gasteiger partial charge < -0.3 is 9.15 Å². The van der Waals surface area contributed by atoms with E-state index in [-0.39, 0.29) is 23.4 Å². The molecule has 0 unspecified atom stereocenters. The number of para-hydroxylation sites is 1. The van der Waals surface area contributed by atoms with Gasteiger partial charge in [0.1, 0.15) is 5.58 Å². The summed E-state index contributed by atoms with van der Waals surface area (Å²) >= 11 is 0. The number of fused-ring (bicyclic) bond motifs is 1. The molecule has 0 bridgehead atoms. The first kappa shape index (κ1) is 16.0. The van der Waals surface area contributed by atoms with Gasteiger partial charge in [-0.05, 0) is 25.5 Å². The van der Waals surface area contributed by atoms with Crippen LogP contribution in [-0.2, 0) is 4.74 Å². The van der Waals surface area contributed by atoms with Crippen LogP contribution in [-0.4, -0.2) is 12.6 Å². The largest absolute Gasteiger partial charge is 0.462 e. The summed E-state index contributed by atoms with van der Waals surface area (Å²) in [6.45, 7) is 4.13. The van der Waals surface area contributed by atoms with Gasteiger partial charge in [0.15, 0.2) is 11.3 Å². The van der Waals surface area contributed by atoms with Crippen LogP contribution in [0.25, 0.3) is 22.3 Å². The highest BCUT2D eigenvalue weighted by Crippen LogP contribution is 2.26. The predicted octanol–water partition coefficient (Wildman–Crippen LogP) is 4.34. The SMILES string of the molecule is CCCOC(=O)c1c(-c2ccc(C)cc2)oc2ccccc2c1=O. The van der Waals surface area contributed by atoms with Gasteiger partial charge in [-0.1, -0.05) is 48.9 Å². The van der Waals surface area contributed by atoms with E-state index in [0.717, 1.165) is 5.56 Å². The Labute approximate surface area is 139 Å². The van der Waals surface area contributed by atoms with Crippen LogP contribution in [0.3, 0.4) is 0 Å². The van der Waals surface area contributed by atoms with Crippen molar-refractivity contribution in [3.05, 3.63) is 69.9 Å². The lowest BCUT2D eigenvalue weighted by Crippen LogP contribution is -2.19. The maximum atomic E-state index is 12.8. The third kappa shape index (κ3) is 2.95. The van der Waals surface area contributed by atoms with Crippen molar-refractivity contribution in [2.24, 2.45) is 0 Å². The lowest BCUT2D eigenvalue weighted by Gasteiger charge is -2.10. The Morgan fingerprint density at radius 3 is 2.50 bits per heavy atom. The second kappa shape index (κ2) is 6.71. The molecule has 0 saturated carbocycles. The van der Waals surface area contributed by atoms with Gasteiger partial charge in [-0.2, -0.15) is 0 Å². The minimum absolute atomic E-state index is 0.0500. The van der Waals surface area contributed by atoms with Gasteiger partial charge in [-0.3, -0.25) is 4.79 Å². The molecule has 24 heavy (non-hydrogen) atoms. The van der Waals surface area contributed by atoms with Crippen molar-refractivity contribution in [3.63, 3.8) is 0 Å². The molecule has 0 amide bonds. The summed E-state index contributed by atoms with van der Waals surface area (Å²) in [4.78, 5) is 25.3. The number of ether oxygens (including phenoxy) is 1. The summed E-state index contributed by atoms with van der Waals surface area (Å²) in [5, 5.41) is 0.372. The quantitative estimate of drug-likeness (QED) is 0.671. The highest BCUT2D eigenvalue weighted by atomic mass is 16.5. The summed E-state index contributed by atoms with van der Waals surface area (Å²) in [6.07, 6.45) is 0.685. The second-order valence-electron chi connectivity index (χ2n) is 5.63. The van der Waals surface area contributed by atoms with Crippen LogP contribution >= 0.6 is 0 Å². The fourth-order valence-electron chi connectivity index (χ4n) is 2.50. The van der Waals surface area contributed by atoms with E-state index >= 15 is 0 Å². The number of rotatable bonds is 4. The van der Waals surface area contributed by atoms with Crippen molar-refractivity contribution in [1.82, 2.24) is 0 Å². The number of carbonyl (C=O) groups is 1. The summed E-state index contributed by atoms with van der Waals surface area (Å²) in [5.41, 5.74) is 1.79. The molecule has 0 aliphatic rings. The van der Waals surface area contributed by atoms with E-state index < -0.39 is 5.97 Å². The van der Waals surface area contributed by atoms with Gasteiger partial charge in [0.2, 0.25) is 5.43 Å². The Balaban J connectivity index is 2.27. The number of aryl methyl sites for hydroxylation is 1. The van der Waals surface area contributed by atoms with Crippen molar-refractivity contribution in [1.29, 1.82) is 0 Å². The average molecular weight is 322 g/mol. The smallest absolute Gasteiger partial charge is 0.346 e. The van der Waals surface area contributed by atoms with Crippen molar-refractivity contribution in [2.45, 2.75) is 20.3 Å². The van der Waals surface area contributed by atoms with E-state index in [1.165, 1.54) is 0 Å². The molecule has 0 aliphatic carbocycles. The monoisotopic (exact) mass is 322 g/mol. The number of hydrogen-bond donors (Lipinski definition) is 0. The Bertz CT molecular complexity index is 936. The first-order valence-electron chi connectivity index (χ1n) is 7.92. The van der Waals surface area contributed by atoms with E-state index in [1.54, 1.807) is 24.3 Å². The zero-order valence-electron chi connectivity index (χ0n) is 13.7. The zero-order valence-corrected chi connectivity index (χ0v) is 13.7. The minimum atomic E-state index is -0.646. The molecule has 0 N–H and O–H groups in total. The van der Waals surface area contributed by atoms with Crippen molar-refractivity contribution < 1.29 is 13.9 Å². The molecule has 3 rings (SSSR count). The zero-order chi connectivity index (χ0) is 17.1. The van der Waals surface area contributed by atoms with Crippen LogP contribution in [0.15, 0.2) is 57.7 Å². The lowest BCUT2D eigenvalue weighted by molar-refractivity contribution is 0.0503. The van der Waals surface area contributed by atoms with E-state index in [9.17, 15) is 9.59 Å². The number of benzene rings is 2.